The summed E-state index contributed by atoms with van der Waals surface area (Å²) in [6.45, 7) is 1.80. The largest absolute Gasteiger partial charge is 0.365 e. The van der Waals surface area contributed by atoms with E-state index in [1.54, 1.807) is 6.92 Å². The number of amides is 1. The maximum atomic E-state index is 12.0. The number of ether oxygens (including phenoxy) is 1. The number of benzene rings is 1. The van der Waals surface area contributed by atoms with Crippen molar-refractivity contribution in [2.45, 2.75) is 50.9 Å². The van der Waals surface area contributed by atoms with Crippen LogP contribution in [0.25, 0.3) is 0 Å². The van der Waals surface area contributed by atoms with Gasteiger partial charge in [-0.1, -0.05) is 18.2 Å². The van der Waals surface area contributed by atoms with Gasteiger partial charge >= 0.3 is 0 Å². The lowest BCUT2D eigenvalue weighted by Crippen LogP contribution is -2.36. The van der Waals surface area contributed by atoms with Crippen molar-refractivity contribution in [3.63, 3.8) is 0 Å². The Labute approximate surface area is 114 Å². The number of para-hydroxylation sites is 1. The average Bonchev–Trinajstić information content (AvgIpc) is 2.42. The summed E-state index contributed by atoms with van der Waals surface area (Å²) < 4.78 is 5.81. The minimum absolute atomic E-state index is 0.0962. The average molecular weight is 262 g/mol. The third-order valence-electron chi connectivity index (χ3n) is 3.53. The number of carbonyl (C=O) groups is 1. The Kier molecular flexibility index (Phi) is 4.93. The summed E-state index contributed by atoms with van der Waals surface area (Å²) in [5.74, 6) is -0.0962. The molecular weight excluding hydrogens is 240 g/mol. The van der Waals surface area contributed by atoms with Crippen LogP contribution in [-0.2, 0) is 9.53 Å². The van der Waals surface area contributed by atoms with E-state index in [2.05, 4.69) is 5.32 Å². The predicted octanol–water partition coefficient (Wildman–Crippen LogP) is 2.30. The first-order chi connectivity index (χ1) is 9.15. The highest BCUT2D eigenvalue weighted by Gasteiger charge is 2.23. The molecule has 0 aromatic heterocycles. The van der Waals surface area contributed by atoms with Crippen molar-refractivity contribution >= 4 is 11.6 Å². The van der Waals surface area contributed by atoms with E-state index in [9.17, 15) is 4.79 Å². The van der Waals surface area contributed by atoms with Crippen LogP contribution < -0.4 is 11.1 Å². The van der Waals surface area contributed by atoms with Crippen LogP contribution in [0.2, 0.25) is 0 Å². The van der Waals surface area contributed by atoms with Gasteiger partial charge < -0.3 is 15.8 Å². The van der Waals surface area contributed by atoms with Gasteiger partial charge in [0, 0.05) is 11.7 Å². The van der Waals surface area contributed by atoms with E-state index in [1.165, 1.54) is 0 Å². The maximum absolute atomic E-state index is 12.0. The smallest absolute Gasteiger partial charge is 0.253 e. The molecule has 1 amide bonds. The molecule has 0 aliphatic heterocycles. The molecule has 1 saturated carbocycles. The minimum Gasteiger partial charge on any atom is -0.365 e. The van der Waals surface area contributed by atoms with Crippen molar-refractivity contribution in [3.05, 3.63) is 30.3 Å². The number of rotatable bonds is 4. The lowest BCUT2D eigenvalue weighted by Gasteiger charge is -2.28. The Hall–Kier alpha value is -1.39. The minimum atomic E-state index is -0.431. The monoisotopic (exact) mass is 262 g/mol. The number of hydrogen-bond acceptors (Lipinski definition) is 3. The highest BCUT2D eigenvalue weighted by molar-refractivity contribution is 5.93. The lowest BCUT2D eigenvalue weighted by atomic mass is 9.93. The summed E-state index contributed by atoms with van der Waals surface area (Å²) in [7, 11) is 0. The van der Waals surface area contributed by atoms with Gasteiger partial charge in [-0.2, -0.15) is 0 Å². The van der Waals surface area contributed by atoms with Crippen molar-refractivity contribution in [2.75, 3.05) is 5.32 Å². The number of hydrogen-bond donors (Lipinski definition) is 2. The third-order valence-corrected chi connectivity index (χ3v) is 3.53. The van der Waals surface area contributed by atoms with Gasteiger partial charge in [-0.3, -0.25) is 4.79 Å². The summed E-state index contributed by atoms with van der Waals surface area (Å²) in [4.78, 5) is 12.0. The zero-order valence-corrected chi connectivity index (χ0v) is 11.3. The number of nitrogens with two attached hydrogens (primary N) is 1. The normalized spacial score (nSPS) is 24.7. The molecule has 4 heteroatoms. The van der Waals surface area contributed by atoms with Gasteiger partial charge in [0.25, 0.3) is 5.91 Å². The van der Waals surface area contributed by atoms with Crippen LogP contribution in [0.1, 0.15) is 32.6 Å². The van der Waals surface area contributed by atoms with Crippen molar-refractivity contribution in [1.29, 1.82) is 0 Å². The zero-order valence-electron chi connectivity index (χ0n) is 11.3. The lowest BCUT2D eigenvalue weighted by molar-refractivity contribution is -0.131. The molecule has 0 radical (unpaired) electrons. The fourth-order valence-electron chi connectivity index (χ4n) is 2.34. The molecule has 19 heavy (non-hydrogen) atoms. The topological polar surface area (TPSA) is 64.3 Å². The quantitative estimate of drug-likeness (QED) is 0.875. The van der Waals surface area contributed by atoms with Gasteiger partial charge in [0.15, 0.2) is 0 Å². The Morgan fingerprint density at radius 2 is 1.89 bits per heavy atom. The van der Waals surface area contributed by atoms with Crippen LogP contribution in [0, 0.1) is 0 Å². The summed E-state index contributed by atoms with van der Waals surface area (Å²) in [5.41, 5.74) is 6.65. The molecule has 0 saturated heterocycles. The van der Waals surface area contributed by atoms with E-state index in [0.717, 1.165) is 31.4 Å². The molecule has 3 N–H and O–H groups in total. The Morgan fingerprint density at radius 3 is 2.53 bits per heavy atom. The first kappa shape index (κ1) is 14.0. The van der Waals surface area contributed by atoms with Crippen LogP contribution in [-0.4, -0.2) is 24.2 Å². The highest BCUT2D eigenvalue weighted by atomic mass is 16.5. The van der Waals surface area contributed by atoms with E-state index in [-0.39, 0.29) is 12.0 Å². The summed E-state index contributed by atoms with van der Waals surface area (Å²) in [6.07, 6.45) is 3.60. The van der Waals surface area contributed by atoms with E-state index in [4.69, 9.17) is 10.5 Å². The van der Waals surface area contributed by atoms with E-state index in [1.807, 2.05) is 30.3 Å². The van der Waals surface area contributed by atoms with Crippen LogP contribution in [0.4, 0.5) is 5.69 Å². The SMILES string of the molecule is CC(OC1CCC(N)CC1)C(=O)Nc1ccccc1. The highest BCUT2D eigenvalue weighted by Crippen LogP contribution is 2.21. The van der Waals surface area contributed by atoms with Gasteiger partial charge in [-0.05, 0) is 44.7 Å². The van der Waals surface area contributed by atoms with Gasteiger partial charge in [-0.25, -0.2) is 0 Å². The summed E-state index contributed by atoms with van der Waals surface area (Å²) in [5, 5.41) is 2.85. The van der Waals surface area contributed by atoms with E-state index < -0.39 is 6.10 Å². The molecule has 1 atom stereocenters. The molecule has 4 nitrogen and oxygen atoms in total. The molecule has 1 aliphatic carbocycles. The third kappa shape index (κ3) is 4.33. The molecule has 2 rings (SSSR count). The van der Waals surface area contributed by atoms with Crippen molar-refractivity contribution in [2.24, 2.45) is 5.73 Å². The Bertz CT molecular complexity index is 400. The van der Waals surface area contributed by atoms with Crippen LogP contribution >= 0.6 is 0 Å². The number of anilines is 1. The molecule has 0 heterocycles. The van der Waals surface area contributed by atoms with Crippen LogP contribution in [0.3, 0.4) is 0 Å². The number of nitrogens with one attached hydrogen (secondary N) is 1. The van der Waals surface area contributed by atoms with Crippen LogP contribution in [0.5, 0.6) is 0 Å². The molecule has 1 aromatic rings. The van der Waals surface area contributed by atoms with Crippen molar-refractivity contribution in [3.8, 4) is 0 Å². The predicted molar refractivity (Wildman–Crippen MR) is 75.9 cm³/mol. The second-order valence-corrected chi connectivity index (χ2v) is 5.17. The van der Waals surface area contributed by atoms with Gasteiger partial charge in [0.1, 0.15) is 6.10 Å². The molecular formula is C15H22N2O2. The molecule has 1 fully saturated rings. The zero-order chi connectivity index (χ0) is 13.7. The summed E-state index contributed by atoms with van der Waals surface area (Å²) >= 11 is 0. The molecule has 104 valence electrons. The fourth-order valence-corrected chi connectivity index (χ4v) is 2.34. The van der Waals surface area contributed by atoms with Gasteiger partial charge in [0.2, 0.25) is 0 Å². The molecule has 1 unspecified atom stereocenters. The first-order valence-electron chi connectivity index (χ1n) is 6.92. The standard InChI is InChI=1S/C15H22N2O2/c1-11(19-14-9-7-12(16)8-10-14)15(18)17-13-5-3-2-4-6-13/h2-6,11-12,14H,7-10,16H2,1H3,(H,17,18). The molecule has 0 bridgehead atoms. The maximum Gasteiger partial charge on any atom is 0.253 e. The molecule has 1 aliphatic rings. The van der Waals surface area contributed by atoms with E-state index in [0.29, 0.717) is 6.04 Å². The number of carbonyl (C=O) groups excluding carboxylic acids is 1. The van der Waals surface area contributed by atoms with E-state index >= 15 is 0 Å². The second kappa shape index (κ2) is 6.68. The fraction of sp³-hybridized carbons (Fsp3) is 0.533. The summed E-state index contributed by atoms with van der Waals surface area (Å²) in [6, 6.07) is 9.73. The van der Waals surface area contributed by atoms with Gasteiger partial charge in [0.05, 0.1) is 6.10 Å². The van der Waals surface area contributed by atoms with Gasteiger partial charge in [-0.15, -0.1) is 0 Å². The second-order valence-electron chi connectivity index (χ2n) is 5.17. The molecule has 0 spiro atoms. The molecule has 1 aromatic carbocycles. The Morgan fingerprint density at radius 1 is 1.26 bits per heavy atom. The van der Waals surface area contributed by atoms with Crippen LogP contribution in [0.15, 0.2) is 30.3 Å². The first-order valence-corrected chi connectivity index (χ1v) is 6.92. The van der Waals surface area contributed by atoms with Crippen molar-refractivity contribution < 1.29 is 9.53 Å². The van der Waals surface area contributed by atoms with Crippen molar-refractivity contribution in [1.82, 2.24) is 0 Å². The Balaban J connectivity index is 1.79.